The Morgan fingerprint density at radius 3 is 2.84 bits per heavy atom. The third-order valence-electron chi connectivity index (χ3n) is 4.54. The van der Waals surface area contributed by atoms with Crippen molar-refractivity contribution >= 4 is 27.3 Å². The number of thiophene rings is 1. The number of esters is 1. The highest BCUT2D eigenvalue weighted by molar-refractivity contribution is 7.91. The molecule has 1 aromatic heterocycles. The molecule has 3 heterocycles. The minimum atomic E-state index is -3.71. The van der Waals surface area contributed by atoms with Crippen molar-refractivity contribution in [2.24, 2.45) is 5.92 Å². The quantitative estimate of drug-likeness (QED) is 0.763. The van der Waals surface area contributed by atoms with Crippen LogP contribution in [0.2, 0.25) is 0 Å². The lowest BCUT2D eigenvalue weighted by Crippen LogP contribution is -2.31. The van der Waals surface area contributed by atoms with Gasteiger partial charge in [0.15, 0.2) is 0 Å². The van der Waals surface area contributed by atoms with Crippen molar-refractivity contribution in [3.8, 4) is 5.75 Å². The van der Waals surface area contributed by atoms with Crippen LogP contribution in [0.1, 0.15) is 18.5 Å². The molecule has 0 N–H and O–H groups in total. The number of rotatable bonds is 4. The second-order valence-electron chi connectivity index (χ2n) is 5.93. The summed E-state index contributed by atoms with van der Waals surface area (Å²) >= 11 is 1.17. The fourth-order valence-electron chi connectivity index (χ4n) is 3.48. The summed E-state index contributed by atoms with van der Waals surface area (Å²) in [7, 11) is -3.71. The molecule has 0 radical (unpaired) electrons. The normalized spacial score (nSPS) is 25.2. The van der Waals surface area contributed by atoms with E-state index in [0.717, 1.165) is 5.56 Å². The van der Waals surface area contributed by atoms with E-state index in [9.17, 15) is 13.2 Å². The Hall–Kier alpha value is -1.90. The van der Waals surface area contributed by atoms with Crippen molar-refractivity contribution in [1.82, 2.24) is 4.31 Å². The zero-order valence-corrected chi connectivity index (χ0v) is 15.1. The van der Waals surface area contributed by atoms with Crippen molar-refractivity contribution in [3.05, 3.63) is 47.3 Å². The molecule has 3 atom stereocenters. The number of benzene rings is 1. The molecule has 0 spiro atoms. The highest BCUT2D eigenvalue weighted by Crippen LogP contribution is 2.49. The van der Waals surface area contributed by atoms with E-state index in [2.05, 4.69) is 0 Å². The van der Waals surface area contributed by atoms with Gasteiger partial charge in [0.1, 0.15) is 22.0 Å². The molecule has 4 rings (SSSR count). The van der Waals surface area contributed by atoms with Crippen LogP contribution in [-0.4, -0.2) is 37.9 Å². The smallest absolute Gasteiger partial charge is 0.314 e. The summed E-state index contributed by atoms with van der Waals surface area (Å²) in [4.78, 5) is 12.4. The van der Waals surface area contributed by atoms with Crippen LogP contribution in [0.3, 0.4) is 0 Å². The minimum absolute atomic E-state index is 0.0583. The summed E-state index contributed by atoms with van der Waals surface area (Å²) in [6, 6.07) is 10.1. The minimum Gasteiger partial charge on any atom is -0.487 e. The van der Waals surface area contributed by atoms with E-state index in [1.54, 1.807) is 30.5 Å². The van der Waals surface area contributed by atoms with Gasteiger partial charge >= 0.3 is 5.97 Å². The number of fused-ring (bicyclic) bond motifs is 3. The fraction of sp³-hybridized carbons (Fsp3) is 0.353. The Labute approximate surface area is 150 Å². The largest absolute Gasteiger partial charge is 0.487 e. The summed E-state index contributed by atoms with van der Waals surface area (Å²) < 4.78 is 39.0. The molecule has 0 amide bonds. The van der Waals surface area contributed by atoms with Gasteiger partial charge in [-0.1, -0.05) is 24.3 Å². The maximum Gasteiger partial charge on any atom is 0.314 e. The SMILES string of the molecule is CCOC(=O)[C@@H]1CN(S(=O)(=O)c2cccs2)[C@H]2c3ccccc3O[C@@H]12. The standard InChI is InChI=1S/C17H17NO5S2/c1-2-22-17(19)12-10-18(25(20,21)14-8-5-9-24-14)15-11-6-3-4-7-13(11)23-16(12)15/h3-9,12,15-16H,2,10H2,1H3/t12-,15+,16+/m1/s1. The zero-order valence-electron chi connectivity index (χ0n) is 13.5. The lowest BCUT2D eigenvalue weighted by Gasteiger charge is -2.21. The first-order chi connectivity index (χ1) is 12.0. The van der Waals surface area contributed by atoms with Crippen molar-refractivity contribution in [2.75, 3.05) is 13.2 Å². The van der Waals surface area contributed by atoms with E-state index >= 15 is 0 Å². The predicted molar refractivity (Wildman–Crippen MR) is 91.9 cm³/mol. The van der Waals surface area contributed by atoms with Crippen LogP contribution in [0.5, 0.6) is 5.75 Å². The van der Waals surface area contributed by atoms with Crippen molar-refractivity contribution < 1.29 is 22.7 Å². The number of hydrogen-bond donors (Lipinski definition) is 0. The predicted octanol–water partition coefficient (Wildman–Crippen LogP) is 2.43. The van der Waals surface area contributed by atoms with Gasteiger partial charge in [-0.25, -0.2) is 8.42 Å². The van der Waals surface area contributed by atoms with Crippen molar-refractivity contribution in [1.29, 1.82) is 0 Å². The first kappa shape index (κ1) is 16.6. The Bertz CT molecular complexity index is 894. The Kier molecular flexibility index (Phi) is 4.05. The van der Waals surface area contributed by atoms with Crippen LogP contribution in [-0.2, 0) is 19.6 Å². The first-order valence-corrected chi connectivity index (χ1v) is 10.3. The molecule has 2 aliphatic heterocycles. The zero-order chi connectivity index (χ0) is 17.6. The van der Waals surface area contributed by atoms with Crippen LogP contribution in [0, 0.1) is 5.92 Å². The van der Waals surface area contributed by atoms with Crippen LogP contribution in [0.25, 0.3) is 0 Å². The van der Waals surface area contributed by atoms with Crippen LogP contribution in [0.15, 0.2) is 46.0 Å². The van der Waals surface area contributed by atoms with E-state index in [0.29, 0.717) is 5.75 Å². The van der Waals surface area contributed by atoms with E-state index in [1.807, 2.05) is 18.2 Å². The molecule has 2 aromatic rings. The first-order valence-electron chi connectivity index (χ1n) is 8.01. The second kappa shape index (κ2) is 6.12. The Morgan fingerprint density at radius 2 is 2.12 bits per heavy atom. The van der Waals surface area contributed by atoms with Gasteiger partial charge in [-0.2, -0.15) is 4.31 Å². The van der Waals surface area contributed by atoms with Crippen LogP contribution >= 0.6 is 11.3 Å². The monoisotopic (exact) mass is 379 g/mol. The number of carbonyl (C=O) groups is 1. The second-order valence-corrected chi connectivity index (χ2v) is 9.00. The maximum atomic E-state index is 13.1. The molecular formula is C17H17NO5S2. The van der Waals surface area contributed by atoms with E-state index in [-0.39, 0.29) is 17.4 Å². The average Bonchev–Trinajstić information content (AvgIpc) is 3.30. The van der Waals surface area contributed by atoms with Gasteiger partial charge < -0.3 is 9.47 Å². The molecule has 25 heavy (non-hydrogen) atoms. The summed E-state index contributed by atoms with van der Waals surface area (Å²) in [6.45, 7) is 2.04. The summed E-state index contributed by atoms with van der Waals surface area (Å²) in [5, 5.41) is 1.72. The Balaban J connectivity index is 1.78. The molecule has 0 aliphatic carbocycles. The molecule has 1 saturated heterocycles. The molecule has 2 aliphatic rings. The highest BCUT2D eigenvalue weighted by Gasteiger charge is 2.56. The molecule has 1 aromatic carbocycles. The fourth-order valence-corrected chi connectivity index (χ4v) is 6.24. The molecule has 0 saturated carbocycles. The van der Waals surface area contributed by atoms with Gasteiger partial charge in [0.25, 0.3) is 10.0 Å². The lowest BCUT2D eigenvalue weighted by atomic mass is 9.99. The van der Waals surface area contributed by atoms with Gasteiger partial charge in [-0.3, -0.25) is 4.79 Å². The maximum absolute atomic E-state index is 13.1. The number of sulfonamides is 1. The van der Waals surface area contributed by atoms with Gasteiger partial charge in [0, 0.05) is 12.1 Å². The average molecular weight is 379 g/mol. The van der Waals surface area contributed by atoms with Crippen molar-refractivity contribution in [3.63, 3.8) is 0 Å². The molecule has 0 unspecified atom stereocenters. The van der Waals surface area contributed by atoms with E-state index in [4.69, 9.17) is 9.47 Å². The van der Waals surface area contributed by atoms with Crippen LogP contribution < -0.4 is 4.74 Å². The van der Waals surface area contributed by atoms with Crippen LogP contribution in [0.4, 0.5) is 0 Å². The van der Waals surface area contributed by atoms with Gasteiger partial charge in [0.05, 0.1) is 12.6 Å². The summed E-state index contributed by atoms with van der Waals surface area (Å²) in [5.41, 5.74) is 0.791. The van der Waals surface area contributed by atoms with E-state index < -0.39 is 34.1 Å². The summed E-state index contributed by atoms with van der Waals surface area (Å²) in [5.74, 6) is -0.445. The third-order valence-corrected chi connectivity index (χ3v) is 7.76. The number of nitrogens with zero attached hydrogens (tertiary/aromatic N) is 1. The molecule has 1 fully saturated rings. The van der Waals surface area contributed by atoms with E-state index in [1.165, 1.54) is 15.6 Å². The van der Waals surface area contributed by atoms with Crippen molar-refractivity contribution in [2.45, 2.75) is 23.3 Å². The Morgan fingerprint density at radius 1 is 1.32 bits per heavy atom. The van der Waals surface area contributed by atoms with Gasteiger partial charge in [-0.05, 0) is 24.4 Å². The molecule has 132 valence electrons. The topological polar surface area (TPSA) is 72.9 Å². The highest BCUT2D eigenvalue weighted by atomic mass is 32.2. The molecular weight excluding hydrogens is 362 g/mol. The van der Waals surface area contributed by atoms with Gasteiger partial charge in [-0.15, -0.1) is 11.3 Å². The lowest BCUT2D eigenvalue weighted by molar-refractivity contribution is -0.149. The molecule has 8 heteroatoms. The molecule has 6 nitrogen and oxygen atoms in total. The summed E-state index contributed by atoms with van der Waals surface area (Å²) in [6.07, 6.45) is -0.564. The van der Waals surface area contributed by atoms with Gasteiger partial charge in [0.2, 0.25) is 0 Å². The molecule has 0 bridgehead atoms. The number of hydrogen-bond acceptors (Lipinski definition) is 6. The number of ether oxygens (including phenoxy) is 2. The number of para-hydroxylation sites is 1. The third kappa shape index (κ3) is 2.56. The number of carbonyl (C=O) groups excluding carboxylic acids is 1.